The first-order chi connectivity index (χ1) is 13.9. The van der Waals surface area contributed by atoms with Gasteiger partial charge in [-0.1, -0.05) is 29.8 Å². The van der Waals surface area contributed by atoms with Gasteiger partial charge in [-0.2, -0.15) is 5.10 Å². The van der Waals surface area contributed by atoms with Crippen molar-refractivity contribution in [1.29, 1.82) is 0 Å². The number of aryl methyl sites for hydroxylation is 1. The van der Waals surface area contributed by atoms with Gasteiger partial charge in [-0.3, -0.25) is 9.59 Å². The third-order valence-electron chi connectivity index (χ3n) is 3.73. The molecule has 2 aromatic carbocycles. The molecule has 0 unspecified atom stereocenters. The van der Waals surface area contributed by atoms with Gasteiger partial charge in [0.1, 0.15) is 5.75 Å². The predicted molar refractivity (Wildman–Crippen MR) is 118 cm³/mol. The SMILES string of the molecule is Cc1ccc(CSCC(=O)N/N=C\c2ccc(OCC(=O)NC(C)C)cc2)cc1. The molecule has 0 aliphatic rings. The van der Waals surface area contributed by atoms with Crippen LogP contribution in [-0.4, -0.2) is 36.4 Å². The number of carbonyl (C=O) groups is 2. The van der Waals surface area contributed by atoms with Gasteiger partial charge in [-0.05, 0) is 56.2 Å². The molecule has 0 fully saturated rings. The molecule has 0 heterocycles. The Hall–Kier alpha value is -2.80. The molecular formula is C22H27N3O3S. The third kappa shape index (κ3) is 9.30. The fourth-order valence-electron chi connectivity index (χ4n) is 2.32. The number of nitrogens with one attached hydrogen (secondary N) is 2. The maximum atomic E-state index is 11.9. The first-order valence-corrected chi connectivity index (χ1v) is 10.6. The maximum Gasteiger partial charge on any atom is 0.258 e. The molecule has 29 heavy (non-hydrogen) atoms. The van der Waals surface area contributed by atoms with E-state index in [-0.39, 0.29) is 24.5 Å². The largest absolute Gasteiger partial charge is 0.484 e. The fourth-order valence-corrected chi connectivity index (χ4v) is 3.10. The molecule has 0 radical (unpaired) electrons. The molecule has 0 saturated carbocycles. The van der Waals surface area contributed by atoms with E-state index in [1.165, 1.54) is 11.1 Å². The maximum absolute atomic E-state index is 11.9. The fraction of sp³-hybridized carbons (Fsp3) is 0.318. The Bertz CT molecular complexity index is 818. The Morgan fingerprint density at radius 1 is 1.07 bits per heavy atom. The van der Waals surface area contributed by atoms with Crippen LogP contribution in [0.15, 0.2) is 53.6 Å². The van der Waals surface area contributed by atoms with Crippen molar-refractivity contribution >= 4 is 29.8 Å². The van der Waals surface area contributed by atoms with Gasteiger partial charge in [-0.15, -0.1) is 11.8 Å². The quantitative estimate of drug-likeness (QED) is 0.463. The summed E-state index contributed by atoms with van der Waals surface area (Å²) in [5, 5.41) is 6.73. The standard InChI is InChI=1S/C22H27N3O3S/c1-16(2)24-21(26)13-28-20-10-8-18(9-11-20)12-23-25-22(27)15-29-14-19-6-4-17(3)5-7-19/h4-12,16H,13-15H2,1-3H3,(H,24,26)(H,25,27)/b23-12-. The number of nitrogens with zero attached hydrogens (tertiary/aromatic N) is 1. The molecule has 2 N–H and O–H groups in total. The van der Waals surface area contributed by atoms with E-state index in [0.717, 1.165) is 11.3 Å². The van der Waals surface area contributed by atoms with Crippen LogP contribution in [0.25, 0.3) is 0 Å². The monoisotopic (exact) mass is 413 g/mol. The lowest BCUT2D eigenvalue weighted by Crippen LogP contribution is -2.34. The average molecular weight is 414 g/mol. The van der Waals surface area contributed by atoms with Gasteiger partial charge in [0, 0.05) is 11.8 Å². The Morgan fingerprint density at radius 3 is 2.41 bits per heavy atom. The van der Waals surface area contributed by atoms with Gasteiger partial charge < -0.3 is 10.1 Å². The summed E-state index contributed by atoms with van der Waals surface area (Å²) in [7, 11) is 0. The minimum absolute atomic E-state index is 0.0259. The number of rotatable bonds is 10. The summed E-state index contributed by atoms with van der Waals surface area (Å²) in [4.78, 5) is 23.4. The first kappa shape index (κ1) is 22.5. The second kappa shape index (κ2) is 11.9. The molecule has 2 aromatic rings. The summed E-state index contributed by atoms with van der Waals surface area (Å²) in [6.45, 7) is 5.82. The summed E-state index contributed by atoms with van der Waals surface area (Å²) in [6, 6.07) is 15.5. The lowest BCUT2D eigenvalue weighted by Gasteiger charge is -2.09. The predicted octanol–water partition coefficient (Wildman–Crippen LogP) is 3.28. The summed E-state index contributed by atoms with van der Waals surface area (Å²) >= 11 is 1.54. The first-order valence-electron chi connectivity index (χ1n) is 9.40. The zero-order valence-electron chi connectivity index (χ0n) is 17.0. The molecule has 6 nitrogen and oxygen atoms in total. The zero-order valence-corrected chi connectivity index (χ0v) is 17.8. The van der Waals surface area contributed by atoms with Crippen LogP contribution < -0.4 is 15.5 Å². The van der Waals surface area contributed by atoms with Crippen molar-refractivity contribution in [2.75, 3.05) is 12.4 Å². The van der Waals surface area contributed by atoms with Gasteiger partial charge in [-0.25, -0.2) is 5.43 Å². The van der Waals surface area contributed by atoms with Crippen LogP contribution in [-0.2, 0) is 15.3 Å². The number of ether oxygens (including phenoxy) is 1. The second-order valence-corrected chi connectivity index (χ2v) is 7.84. The normalized spacial score (nSPS) is 10.9. The van der Waals surface area contributed by atoms with Crippen molar-refractivity contribution in [3.63, 3.8) is 0 Å². The molecule has 0 atom stereocenters. The van der Waals surface area contributed by atoms with Gasteiger partial charge in [0.15, 0.2) is 6.61 Å². The highest BCUT2D eigenvalue weighted by molar-refractivity contribution is 7.99. The van der Waals surface area contributed by atoms with E-state index >= 15 is 0 Å². The van der Waals surface area contributed by atoms with Crippen molar-refractivity contribution < 1.29 is 14.3 Å². The van der Waals surface area contributed by atoms with E-state index < -0.39 is 0 Å². The average Bonchev–Trinajstić information content (AvgIpc) is 2.68. The number of hydrogen-bond donors (Lipinski definition) is 2. The second-order valence-electron chi connectivity index (χ2n) is 6.85. The highest BCUT2D eigenvalue weighted by Crippen LogP contribution is 2.13. The number of hydrazone groups is 1. The Morgan fingerprint density at radius 2 is 1.76 bits per heavy atom. The van der Waals surface area contributed by atoms with Crippen LogP contribution >= 0.6 is 11.8 Å². The molecule has 154 valence electrons. The van der Waals surface area contributed by atoms with Crippen molar-refractivity contribution in [1.82, 2.24) is 10.7 Å². The van der Waals surface area contributed by atoms with Crippen molar-refractivity contribution in [3.05, 3.63) is 65.2 Å². The third-order valence-corrected chi connectivity index (χ3v) is 4.73. The van der Waals surface area contributed by atoms with Crippen LogP contribution in [0.5, 0.6) is 5.75 Å². The van der Waals surface area contributed by atoms with Gasteiger partial charge in [0.25, 0.3) is 5.91 Å². The highest BCUT2D eigenvalue weighted by Gasteiger charge is 2.04. The number of thioether (sulfide) groups is 1. The van der Waals surface area contributed by atoms with Gasteiger partial charge >= 0.3 is 0 Å². The van der Waals surface area contributed by atoms with Gasteiger partial charge in [0.05, 0.1) is 12.0 Å². The van der Waals surface area contributed by atoms with E-state index in [1.54, 1.807) is 42.2 Å². The Balaban J connectivity index is 1.67. The molecule has 0 aliphatic carbocycles. The highest BCUT2D eigenvalue weighted by atomic mass is 32.2. The zero-order chi connectivity index (χ0) is 21.1. The topological polar surface area (TPSA) is 79.8 Å². The summed E-state index contributed by atoms with van der Waals surface area (Å²) < 4.78 is 5.42. The molecule has 7 heteroatoms. The number of hydrogen-bond acceptors (Lipinski definition) is 5. The van der Waals surface area contributed by atoms with Crippen LogP contribution in [0.2, 0.25) is 0 Å². The van der Waals surface area contributed by atoms with E-state index in [0.29, 0.717) is 11.5 Å². The van der Waals surface area contributed by atoms with E-state index in [4.69, 9.17) is 4.74 Å². The Kier molecular flexibility index (Phi) is 9.24. The molecule has 0 aromatic heterocycles. The molecule has 0 bridgehead atoms. The van der Waals surface area contributed by atoms with Crippen LogP contribution in [0, 0.1) is 6.92 Å². The molecule has 0 spiro atoms. The number of amides is 2. The van der Waals surface area contributed by atoms with Crippen LogP contribution in [0.4, 0.5) is 0 Å². The smallest absolute Gasteiger partial charge is 0.258 e. The van der Waals surface area contributed by atoms with Crippen LogP contribution in [0.3, 0.4) is 0 Å². The van der Waals surface area contributed by atoms with E-state index in [1.807, 2.05) is 13.8 Å². The minimum atomic E-state index is -0.159. The van der Waals surface area contributed by atoms with E-state index in [9.17, 15) is 9.59 Å². The number of benzene rings is 2. The van der Waals surface area contributed by atoms with Crippen molar-refractivity contribution in [2.45, 2.75) is 32.6 Å². The number of carbonyl (C=O) groups excluding carboxylic acids is 2. The Labute approximate surface area is 176 Å². The minimum Gasteiger partial charge on any atom is -0.484 e. The van der Waals surface area contributed by atoms with Crippen molar-refractivity contribution in [2.24, 2.45) is 5.10 Å². The lowest BCUT2D eigenvalue weighted by molar-refractivity contribution is -0.123. The molecule has 0 saturated heterocycles. The van der Waals surface area contributed by atoms with Crippen LogP contribution in [0.1, 0.15) is 30.5 Å². The summed E-state index contributed by atoms with van der Waals surface area (Å²) in [6.07, 6.45) is 1.57. The van der Waals surface area contributed by atoms with Gasteiger partial charge in [0.2, 0.25) is 5.91 Å². The molecule has 0 aliphatic heterocycles. The molecular weight excluding hydrogens is 386 g/mol. The summed E-state index contributed by atoms with van der Waals surface area (Å²) in [5.41, 5.74) is 5.76. The van der Waals surface area contributed by atoms with Crippen molar-refractivity contribution in [3.8, 4) is 5.75 Å². The lowest BCUT2D eigenvalue weighted by atomic mass is 10.2. The van der Waals surface area contributed by atoms with E-state index in [2.05, 4.69) is 47.0 Å². The molecule has 2 amide bonds. The summed E-state index contributed by atoms with van der Waals surface area (Å²) in [5.74, 6) is 1.42. The molecule has 2 rings (SSSR count).